The van der Waals surface area contributed by atoms with Crippen LogP contribution in [0.5, 0.6) is 5.75 Å². The molecule has 0 N–H and O–H groups in total. The molecule has 1 aromatic heterocycles. The van der Waals surface area contributed by atoms with Crippen molar-refractivity contribution >= 4 is 40.2 Å². The number of ketones is 1. The van der Waals surface area contributed by atoms with Gasteiger partial charge in [0.1, 0.15) is 5.75 Å². The van der Waals surface area contributed by atoms with Gasteiger partial charge < -0.3 is 9.47 Å². The molecule has 1 saturated heterocycles. The van der Waals surface area contributed by atoms with Crippen LogP contribution < -0.4 is 9.64 Å². The average Bonchev–Trinajstić information content (AvgIpc) is 3.27. The predicted octanol–water partition coefficient (Wildman–Crippen LogP) is 6.18. The minimum absolute atomic E-state index is 0.123. The van der Waals surface area contributed by atoms with Crippen LogP contribution in [0.15, 0.2) is 72.8 Å². The Kier molecular flexibility index (Phi) is 7.52. The number of pyridine rings is 1. The fraction of sp³-hybridized carbons (Fsp3) is 0.286. The lowest BCUT2D eigenvalue weighted by molar-refractivity contribution is -0.122. The molecular formula is C35H32N2O6. The number of aryl methyl sites for hydroxylation is 1. The van der Waals surface area contributed by atoms with Gasteiger partial charge in [-0.15, -0.1) is 0 Å². The number of anilines is 1. The van der Waals surface area contributed by atoms with E-state index < -0.39 is 12.6 Å². The molecule has 3 atom stereocenters. The number of benzene rings is 3. The van der Waals surface area contributed by atoms with Crippen LogP contribution in [0, 0.1) is 24.7 Å². The van der Waals surface area contributed by atoms with Crippen molar-refractivity contribution in [2.45, 2.75) is 33.1 Å². The van der Waals surface area contributed by atoms with Gasteiger partial charge >= 0.3 is 5.97 Å². The van der Waals surface area contributed by atoms with Crippen molar-refractivity contribution in [1.82, 2.24) is 4.98 Å². The number of methoxy groups -OCH3 is 1. The van der Waals surface area contributed by atoms with E-state index in [4.69, 9.17) is 14.5 Å². The Labute approximate surface area is 249 Å². The summed E-state index contributed by atoms with van der Waals surface area (Å²) in [5.41, 5.74) is 3.98. The largest absolute Gasteiger partial charge is 0.497 e. The Morgan fingerprint density at radius 1 is 0.930 bits per heavy atom. The van der Waals surface area contributed by atoms with E-state index >= 15 is 0 Å². The molecule has 1 aliphatic carbocycles. The first-order valence-corrected chi connectivity index (χ1v) is 14.5. The monoisotopic (exact) mass is 576 g/mol. The summed E-state index contributed by atoms with van der Waals surface area (Å²) >= 11 is 0. The van der Waals surface area contributed by atoms with Crippen molar-refractivity contribution in [3.05, 3.63) is 89.5 Å². The summed E-state index contributed by atoms with van der Waals surface area (Å²) in [5.74, 6) is -0.748. The van der Waals surface area contributed by atoms with Crippen LogP contribution in [-0.2, 0) is 14.3 Å². The van der Waals surface area contributed by atoms with Crippen LogP contribution in [0.2, 0.25) is 0 Å². The molecule has 2 amide bonds. The van der Waals surface area contributed by atoms with E-state index in [2.05, 4.69) is 6.92 Å². The normalized spacial score (nSPS) is 19.8. The topological polar surface area (TPSA) is 103 Å². The predicted molar refractivity (Wildman–Crippen MR) is 162 cm³/mol. The van der Waals surface area contributed by atoms with E-state index in [0.717, 1.165) is 24.8 Å². The van der Waals surface area contributed by atoms with Crippen LogP contribution in [0.3, 0.4) is 0 Å². The van der Waals surface area contributed by atoms with Crippen molar-refractivity contribution in [3.8, 4) is 17.0 Å². The Hall–Kier alpha value is -4.85. The second-order valence-corrected chi connectivity index (χ2v) is 11.5. The number of imide groups is 1. The average molecular weight is 577 g/mol. The van der Waals surface area contributed by atoms with Crippen LogP contribution in [0.1, 0.15) is 52.5 Å². The molecule has 43 heavy (non-hydrogen) atoms. The number of aromatic nitrogens is 1. The first-order chi connectivity index (χ1) is 20.7. The fourth-order valence-corrected chi connectivity index (χ4v) is 6.17. The van der Waals surface area contributed by atoms with E-state index in [-0.39, 0.29) is 35.0 Å². The molecule has 218 valence electrons. The first kappa shape index (κ1) is 28.3. The number of nitrogens with zero attached hydrogens (tertiary/aromatic N) is 2. The van der Waals surface area contributed by atoms with Gasteiger partial charge in [0.05, 0.1) is 41.4 Å². The maximum absolute atomic E-state index is 13.4. The standard InChI is InChI=1S/C35H32N2O6/c1-20-7-13-26-28(16-20)34(40)37(33(26)39)24-11-9-22(10-12-24)31-18-29(27-15-21(2)8-14-30(27)36-31)35(41)43-19-32(38)23-5-4-6-25(17-23)42-3/h4-6,8-12,14-15,17-18,20,26,28H,7,13,16,19H2,1-3H3/t20-,26+,28-/m0/s1. The summed E-state index contributed by atoms with van der Waals surface area (Å²) < 4.78 is 10.7. The van der Waals surface area contributed by atoms with Crippen molar-refractivity contribution in [1.29, 1.82) is 0 Å². The molecule has 6 rings (SSSR count). The summed E-state index contributed by atoms with van der Waals surface area (Å²) in [5, 5.41) is 0.615. The van der Waals surface area contributed by atoms with Crippen molar-refractivity contribution in [2.24, 2.45) is 17.8 Å². The molecule has 2 fully saturated rings. The van der Waals surface area contributed by atoms with Crippen molar-refractivity contribution in [2.75, 3.05) is 18.6 Å². The number of carbonyl (C=O) groups is 4. The zero-order chi connectivity index (χ0) is 30.2. The zero-order valence-corrected chi connectivity index (χ0v) is 24.3. The van der Waals surface area contributed by atoms with Crippen molar-refractivity contribution < 1.29 is 28.7 Å². The van der Waals surface area contributed by atoms with Gasteiger partial charge in [0.25, 0.3) is 0 Å². The van der Waals surface area contributed by atoms with Gasteiger partial charge in [0.2, 0.25) is 11.8 Å². The molecule has 0 unspecified atom stereocenters. The second-order valence-electron chi connectivity index (χ2n) is 11.5. The van der Waals surface area contributed by atoms with E-state index in [0.29, 0.717) is 45.1 Å². The maximum Gasteiger partial charge on any atom is 0.339 e. The number of amides is 2. The molecule has 8 nitrogen and oxygen atoms in total. The third-order valence-electron chi connectivity index (χ3n) is 8.52. The molecule has 1 aliphatic heterocycles. The second kappa shape index (κ2) is 11.4. The highest BCUT2D eigenvalue weighted by atomic mass is 16.5. The highest BCUT2D eigenvalue weighted by molar-refractivity contribution is 6.22. The number of rotatable bonds is 7. The minimum Gasteiger partial charge on any atom is -0.497 e. The van der Waals surface area contributed by atoms with Gasteiger partial charge in [0.15, 0.2) is 12.4 Å². The van der Waals surface area contributed by atoms with Crippen LogP contribution >= 0.6 is 0 Å². The molecule has 0 radical (unpaired) electrons. The highest BCUT2D eigenvalue weighted by Crippen LogP contribution is 2.42. The molecule has 2 heterocycles. The fourth-order valence-electron chi connectivity index (χ4n) is 6.17. The third kappa shape index (κ3) is 5.41. The molecule has 0 bridgehead atoms. The van der Waals surface area contributed by atoms with Gasteiger partial charge in [0, 0.05) is 16.5 Å². The van der Waals surface area contributed by atoms with E-state index in [1.54, 1.807) is 54.6 Å². The van der Waals surface area contributed by atoms with Gasteiger partial charge in [-0.25, -0.2) is 9.78 Å². The molecule has 8 heteroatoms. The quantitative estimate of drug-likeness (QED) is 0.147. The lowest BCUT2D eigenvalue weighted by Crippen LogP contribution is -2.30. The number of hydrogen-bond donors (Lipinski definition) is 0. The summed E-state index contributed by atoms with van der Waals surface area (Å²) in [6, 6.07) is 21.0. The molecule has 3 aromatic carbocycles. The molecule has 2 aliphatic rings. The molecule has 1 saturated carbocycles. The molecule has 4 aromatic rings. The minimum atomic E-state index is -0.641. The van der Waals surface area contributed by atoms with Gasteiger partial charge in [-0.1, -0.05) is 42.8 Å². The van der Waals surface area contributed by atoms with Gasteiger partial charge in [-0.05, 0) is 74.6 Å². The Morgan fingerprint density at radius 3 is 2.47 bits per heavy atom. The van der Waals surface area contributed by atoms with Gasteiger partial charge in [-0.2, -0.15) is 0 Å². The Morgan fingerprint density at radius 2 is 1.70 bits per heavy atom. The number of Topliss-reactive ketones (excluding diaryl/α,β-unsaturated/α-hetero) is 1. The van der Waals surface area contributed by atoms with Gasteiger partial charge in [-0.3, -0.25) is 19.3 Å². The summed E-state index contributed by atoms with van der Waals surface area (Å²) in [6.07, 6.45) is 2.45. The lowest BCUT2D eigenvalue weighted by atomic mass is 9.76. The Balaban J connectivity index is 1.27. The zero-order valence-electron chi connectivity index (χ0n) is 24.3. The van der Waals surface area contributed by atoms with E-state index in [1.165, 1.54) is 12.0 Å². The SMILES string of the molecule is COc1cccc(C(=O)COC(=O)c2cc(-c3ccc(N4C(=O)[C@H]5C[C@@H](C)CC[C@H]5C4=O)cc3)nc3ccc(C)cc23)c1. The van der Waals surface area contributed by atoms with Crippen LogP contribution in [0.4, 0.5) is 5.69 Å². The smallest absolute Gasteiger partial charge is 0.339 e. The van der Waals surface area contributed by atoms with E-state index in [1.807, 2.05) is 25.1 Å². The number of fused-ring (bicyclic) bond motifs is 2. The molecule has 0 spiro atoms. The van der Waals surface area contributed by atoms with Crippen LogP contribution in [-0.4, -0.2) is 42.3 Å². The lowest BCUT2D eigenvalue weighted by Gasteiger charge is -2.25. The highest BCUT2D eigenvalue weighted by Gasteiger charge is 2.49. The number of hydrogen-bond acceptors (Lipinski definition) is 7. The third-order valence-corrected chi connectivity index (χ3v) is 8.52. The summed E-state index contributed by atoms with van der Waals surface area (Å²) in [4.78, 5) is 58.5. The van der Waals surface area contributed by atoms with Crippen molar-refractivity contribution in [3.63, 3.8) is 0 Å². The Bertz CT molecular complexity index is 1760. The van der Waals surface area contributed by atoms with E-state index in [9.17, 15) is 19.2 Å². The molecular weight excluding hydrogens is 544 g/mol. The maximum atomic E-state index is 13.4. The summed E-state index contributed by atoms with van der Waals surface area (Å²) in [6.45, 7) is 3.63. The van der Waals surface area contributed by atoms with Crippen LogP contribution in [0.25, 0.3) is 22.2 Å². The summed E-state index contributed by atoms with van der Waals surface area (Å²) in [7, 11) is 1.52. The first-order valence-electron chi connectivity index (χ1n) is 14.5. The number of ether oxygens (including phenoxy) is 2. The number of esters is 1. The number of carbonyl (C=O) groups excluding carboxylic acids is 4.